The second kappa shape index (κ2) is 13.9. The molecule has 4 nitrogen and oxygen atoms in total. The summed E-state index contributed by atoms with van der Waals surface area (Å²) in [6, 6.07) is 0. The predicted molar refractivity (Wildman–Crippen MR) is 69.4 cm³/mol. The van der Waals surface area contributed by atoms with Gasteiger partial charge in [0.25, 0.3) is 0 Å². The van der Waals surface area contributed by atoms with Crippen LogP contribution in [0.15, 0.2) is 0 Å². The van der Waals surface area contributed by atoms with Crippen LogP contribution in [0, 0.1) is 11.8 Å². The zero-order chi connectivity index (χ0) is 13.5. The van der Waals surface area contributed by atoms with Crippen molar-refractivity contribution in [1.29, 1.82) is 0 Å². The summed E-state index contributed by atoms with van der Waals surface area (Å²) in [5.41, 5.74) is 0. The zero-order valence-corrected chi connectivity index (χ0v) is 16.5. The molecule has 0 spiro atoms. The molecule has 2 saturated carbocycles. The van der Waals surface area contributed by atoms with E-state index in [1.165, 1.54) is 38.5 Å². The van der Waals surface area contributed by atoms with Crippen LogP contribution in [-0.4, -0.2) is 11.8 Å². The van der Waals surface area contributed by atoms with Crippen molar-refractivity contribution in [2.24, 2.45) is 11.8 Å². The topological polar surface area (TPSA) is 58.2 Å². The molecule has 0 bridgehead atoms. The Kier molecular flexibility index (Phi) is 15.7. The summed E-state index contributed by atoms with van der Waals surface area (Å²) in [5, 5.41) is 0. The second-order valence-corrected chi connectivity index (χ2v) is 6.94. The summed E-state index contributed by atoms with van der Waals surface area (Å²) in [5.74, 6) is 0.737. The molecule has 2 N–H and O–H groups in total. The zero-order valence-electron chi connectivity index (χ0n) is 12.7. The van der Waals surface area contributed by atoms with Gasteiger partial charge in [0, 0.05) is 0 Å². The monoisotopic (exact) mass is 405 g/mol. The van der Waals surface area contributed by atoms with E-state index >= 15 is 0 Å². The van der Waals surface area contributed by atoms with Crippen molar-refractivity contribution < 1.29 is 66.5 Å². The Bertz CT molecular complexity index is 293. The van der Waals surface area contributed by atoms with Crippen LogP contribution < -0.4 is 44.8 Å². The molecule has 2 fully saturated rings. The minimum Gasteiger partial charge on any atom is -1.00 e. The van der Waals surface area contributed by atoms with Gasteiger partial charge in [-0.2, -0.15) is 0 Å². The molecule has 0 aliphatic heterocycles. The number of carbonyl (C=O) groups is 2. The van der Waals surface area contributed by atoms with Crippen LogP contribution in [0.1, 0.15) is 64.2 Å². The van der Waals surface area contributed by atoms with Crippen LogP contribution in [0.25, 0.3) is 0 Å². The average molecular weight is 407 g/mol. The Hall–Kier alpha value is 0.524. The molecule has 2 amide bonds. The van der Waals surface area contributed by atoms with E-state index in [2.05, 4.69) is 7.60 Å². The van der Waals surface area contributed by atoms with E-state index in [1.807, 2.05) is 0 Å². The number of carbonyl (C=O) groups excluding carboxylic acids is 2. The summed E-state index contributed by atoms with van der Waals surface area (Å²) >= 11 is -0.846. The minimum atomic E-state index is -0.846. The van der Waals surface area contributed by atoms with E-state index in [0.717, 1.165) is 25.7 Å². The number of hydrogen-bond donors (Lipinski definition) is 2. The molecule has 0 aromatic carbocycles. The van der Waals surface area contributed by atoms with E-state index in [0.29, 0.717) is 0 Å². The standard InChI is InChI=1S/2C7H13NO.3ClH.Ti/c2*8-7(9)6-4-2-1-3-5-6;;;;/h2*6H,1-5H2,(H2,8,9);3*1H;/q;;;;;+5/p-5. The van der Waals surface area contributed by atoms with Gasteiger partial charge in [-0.1, -0.05) is 0 Å². The van der Waals surface area contributed by atoms with Gasteiger partial charge in [0.2, 0.25) is 0 Å². The van der Waals surface area contributed by atoms with E-state index in [9.17, 15) is 9.59 Å². The van der Waals surface area contributed by atoms with Gasteiger partial charge < -0.3 is 37.2 Å². The first kappa shape index (κ1) is 24.8. The van der Waals surface area contributed by atoms with Crippen LogP contribution in [0.5, 0.6) is 0 Å². The van der Waals surface area contributed by atoms with Gasteiger partial charge in [0.15, 0.2) is 0 Å². The Labute approximate surface area is 161 Å². The van der Waals surface area contributed by atoms with Crippen LogP contribution in [0.3, 0.4) is 0 Å². The fraction of sp³-hybridized carbons (Fsp3) is 0.857. The van der Waals surface area contributed by atoms with Gasteiger partial charge in [0.1, 0.15) is 0 Å². The van der Waals surface area contributed by atoms with E-state index < -0.39 is 19.7 Å². The quantitative estimate of drug-likeness (QED) is 0.456. The number of rotatable bonds is 4. The van der Waals surface area contributed by atoms with Gasteiger partial charge in [-0.3, -0.25) is 0 Å². The minimum absolute atomic E-state index is 0. The number of halogens is 3. The molecule has 0 saturated heterocycles. The maximum absolute atomic E-state index is 11.9. The number of amides is 2. The summed E-state index contributed by atoms with van der Waals surface area (Å²) in [4.78, 5) is 23.8. The molecule has 2 aliphatic rings. The SMILES string of the molecule is O=C([NH][Ti+3][NH]C(=O)C1CCCCC1)C1CCCCC1.[Cl-].[Cl-].[Cl-]. The molecular weight excluding hydrogens is 382 g/mol. The van der Waals surface area contributed by atoms with Crippen molar-refractivity contribution in [1.82, 2.24) is 7.60 Å². The van der Waals surface area contributed by atoms with E-state index in [4.69, 9.17) is 0 Å². The van der Waals surface area contributed by atoms with Gasteiger partial charge in [-0.05, 0) is 0 Å². The van der Waals surface area contributed by atoms with E-state index in [1.54, 1.807) is 0 Å². The van der Waals surface area contributed by atoms with E-state index in [-0.39, 0.29) is 60.9 Å². The predicted octanol–water partition coefficient (Wildman–Crippen LogP) is -6.70. The molecular formula is C14H24Cl3N2O2Ti. The van der Waals surface area contributed by atoms with Crippen LogP contribution in [0.4, 0.5) is 0 Å². The Morgan fingerprint density at radius 3 is 1.27 bits per heavy atom. The van der Waals surface area contributed by atoms with Crippen LogP contribution >= 0.6 is 0 Å². The molecule has 0 heterocycles. The largest absolute Gasteiger partial charge is 1.00 e. The molecule has 0 atom stereocenters. The first-order valence-corrected chi connectivity index (χ1v) is 9.18. The Morgan fingerprint density at radius 1 is 0.636 bits per heavy atom. The second-order valence-electron chi connectivity index (χ2n) is 5.77. The molecule has 0 aromatic rings. The smallest absolute Gasteiger partial charge is 1.00 e. The summed E-state index contributed by atoms with van der Waals surface area (Å²) in [6.45, 7) is 0. The van der Waals surface area contributed by atoms with Crippen molar-refractivity contribution in [3.8, 4) is 0 Å². The molecule has 0 aromatic heterocycles. The molecule has 0 unspecified atom stereocenters. The first-order chi connectivity index (χ1) is 9.27. The summed E-state index contributed by atoms with van der Waals surface area (Å²) in [6.07, 6.45) is 11.3. The van der Waals surface area contributed by atoms with Crippen LogP contribution in [-0.2, 0) is 29.3 Å². The van der Waals surface area contributed by atoms with Gasteiger partial charge >= 0.3 is 125 Å². The van der Waals surface area contributed by atoms with Crippen LogP contribution in [0.2, 0.25) is 0 Å². The number of nitrogens with one attached hydrogen (secondary N) is 2. The third kappa shape index (κ3) is 8.40. The Morgan fingerprint density at radius 2 is 0.955 bits per heavy atom. The molecule has 0 radical (unpaired) electrons. The van der Waals surface area contributed by atoms with Gasteiger partial charge in [-0.15, -0.1) is 0 Å². The van der Waals surface area contributed by atoms with Gasteiger partial charge in [-0.25, -0.2) is 0 Å². The van der Waals surface area contributed by atoms with Crippen molar-refractivity contribution in [3.05, 3.63) is 0 Å². The van der Waals surface area contributed by atoms with Crippen molar-refractivity contribution in [2.45, 2.75) is 64.2 Å². The maximum atomic E-state index is 11.9. The summed E-state index contributed by atoms with van der Waals surface area (Å²) in [7, 11) is 0. The third-order valence-corrected chi connectivity index (χ3v) is 5.48. The third-order valence-electron chi connectivity index (χ3n) is 4.32. The number of hydrogen-bond acceptors (Lipinski definition) is 2. The molecule has 127 valence electrons. The molecule has 8 heteroatoms. The average Bonchev–Trinajstić information content (AvgIpc) is 2.49. The first-order valence-electron chi connectivity index (χ1n) is 7.62. The van der Waals surface area contributed by atoms with Crippen molar-refractivity contribution >= 4 is 11.8 Å². The fourth-order valence-electron chi connectivity index (χ4n) is 3.09. The molecule has 2 rings (SSSR count). The van der Waals surface area contributed by atoms with Crippen molar-refractivity contribution in [2.75, 3.05) is 0 Å². The normalized spacial score (nSPS) is 18.5. The fourth-order valence-corrected chi connectivity index (χ4v) is 4.21. The maximum Gasteiger partial charge on any atom is -1.00 e. The molecule has 22 heavy (non-hydrogen) atoms. The van der Waals surface area contributed by atoms with Crippen molar-refractivity contribution in [3.63, 3.8) is 0 Å². The summed E-state index contributed by atoms with van der Waals surface area (Å²) < 4.78 is 5.95. The molecule has 2 aliphatic carbocycles. The van der Waals surface area contributed by atoms with Gasteiger partial charge in [0.05, 0.1) is 0 Å². The Balaban J connectivity index is 0.